The molecule has 11 heavy (non-hydrogen) atoms. The summed E-state index contributed by atoms with van der Waals surface area (Å²) in [6, 6.07) is 0.176. The van der Waals surface area contributed by atoms with Gasteiger partial charge in [-0.1, -0.05) is 12.2 Å². The molecule has 2 heteroatoms. The van der Waals surface area contributed by atoms with E-state index in [1.807, 2.05) is 18.7 Å². The summed E-state index contributed by atoms with van der Waals surface area (Å²) in [4.78, 5) is 0. The molecule has 2 unspecified atom stereocenters. The Morgan fingerprint density at radius 3 is 2.73 bits per heavy atom. The molecule has 0 saturated carbocycles. The van der Waals surface area contributed by atoms with Crippen LogP contribution in [0.4, 0.5) is 0 Å². The van der Waals surface area contributed by atoms with Crippen LogP contribution in [0, 0.1) is 0 Å². The van der Waals surface area contributed by atoms with Gasteiger partial charge in [0.15, 0.2) is 0 Å². The van der Waals surface area contributed by atoms with E-state index in [-0.39, 0.29) is 10.8 Å². The van der Waals surface area contributed by atoms with Gasteiger partial charge in [-0.2, -0.15) is 11.8 Å². The fraction of sp³-hybridized carbons (Fsp3) is 0.778. The molecule has 0 aromatic carbocycles. The zero-order valence-electron chi connectivity index (χ0n) is 7.39. The van der Waals surface area contributed by atoms with E-state index < -0.39 is 0 Å². The van der Waals surface area contributed by atoms with Gasteiger partial charge in [-0.25, -0.2) is 0 Å². The van der Waals surface area contributed by atoms with Crippen LogP contribution in [0.15, 0.2) is 12.2 Å². The van der Waals surface area contributed by atoms with Crippen LogP contribution >= 0.6 is 11.8 Å². The Morgan fingerprint density at radius 2 is 2.36 bits per heavy atom. The van der Waals surface area contributed by atoms with Gasteiger partial charge in [-0.05, 0) is 32.4 Å². The first-order chi connectivity index (χ1) is 5.06. The van der Waals surface area contributed by atoms with Crippen molar-refractivity contribution in [3.8, 4) is 0 Å². The van der Waals surface area contributed by atoms with Crippen molar-refractivity contribution in [1.82, 2.24) is 0 Å². The van der Waals surface area contributed by atoms with Crippen molar-refractivity contribution in [2.75, 3.05) is 5.75 Å². The second-order valence-corrected chi connectivity index (χ2v) is 5.22. The Hall–Kier alpha value is 0.0500. The molecule has 0 bridgehead atoms. The van der Waals surface area contributed by atoms with Crippen molar-refractivity contribution < 1.29 is 0 Å². The summed E-state index contributed by atoms with van der Waals surface area (Å²) in [6.45, 7) is 8.18. The lowest BCUT2D eigenvalue weighted by molar-refractivity contribution is 0.531. The molecule has 2 N–H and O–H groups in total. The van der Waals surface area contributed by atoms with Crippen LogP contribution < -0.4 is 5.73 Å². The molecule has 0 spiro atoms. The lowest BCUT2D eigenvalue weighted by Crippen LogP contribution is -2.41. The van der Waals surface area contributed by atoms with Gasteiger partial charge in [-0.15, -0.1) is 0 Å². The summed E-state index contributed by atoms with van der Waals surface area (Å²) >= 11 is 2.00. The zero-order chi connectivity index (χ0) is 8.48. The summed E-state index contributed by atoms with van der Waals surface area (Å²) in [5.41, 5.74) is 7.15. The number of hydrogen-bond donors (Lipinski definition) is 1. The first-order valence-electron chi connectivity index (χ1n) is 4.11. The monoisotopic (exact) mass is 171 g/mol. The van der Waals surface area contributed by atoms with E-state index in [0.717, 1.165) is 5.57 Å². The maximum absolute atomic E-state index is 6.04. The van der Waals surface area contributed by atoms with Crippen LogP contribution in [0.2, 0.25) is 0 Å². The standard InChI is InChI=1S/C9H17NS/c1-7(2)8(10)9(3)5-4-6-11-9/h8H,1,4-6,10H2,2-3H3. The highest BCUT2D eigenvalue weighted by Gasteiger charge is 2.35. The molecule has 0 aromatic rings. The topological polar surface area (TPSA) is 26.0 Å². The predicted molar refractivity (Wildman–Crippen MR) is 52.9 cm³/mol. The van der Waals surface area contributed by atoms with Crippen molar-refractivity contribution in [1.29, 1.82) is 0 Å². The van der Waals surface area contributed by atoms with E-state index in [1.165, 1.54) is 18.6 Å². The molecule has 64 valence electrons. The normalized spacial score (nSPS) is 33.7. The summed E-state index contributed by atoms with van der Waals surface area (Å²) in [5.74, 6) is 1.26. The fourth-order valence-electron chi connectivity index (χ4n) is 1.57. The molecule has 1 aliphatic heterocycles. The third-order valence-corrected chi connectivity index (χ3v) is 4.05. The SMILES string of the molecule is C=C(C)C(N)C1(C)CCCS1. The van der Waals surface area contributed by atoms with Gasteiger partial charge in [0.2, 0.25) is 0 Å². The average Bonchev–Trinajstić information content (AvgIpc) is 2.35. The Labute approximate surface area is 73.4 Å². The molecule has 2 atom stereocenters. The minimum absolute atomic E-state index is 0.176. The largest absolute Gasteiger partial charge is 0.323 e. The van der Waals surface area contributed by atoms with E-state index in [4.69, 9.17) is 5.73 Å². The van der Waals surface area contributed by atoms with Gasteiger partial charge in [0, 0.05) is 10.8 Å². The Kier molecular flexibility index (Phi) is 2.66. The Morgan fingerprint density at radius 1 is 1.73 bits per heavy atom. The van der Waals surface area contributed by atoms with Gasteiger partial charge >= 0.3 is 0 Å². The third-order valence-electron chi connectivity index (χ3n) is 2.44. The second-order valence-electron chi connectivity index (χ2n) is 3.59. The fourth-order valence-corrected chi connectivity index (χ4v) is 2.99. The second kappa shape index (κ2) is 3.20. The van der Waals surface area contributed by atoms with Crippen molar-refractivity contribution in [3.63, 3.8) is 0 Å². The van der Waals surface area contributed by atoms with E-state index in [9.17, 15) is 0 Å². The van der Waals surface area contributed by atoms with Crippen molar-refractivity contribution >= 4 is 11.8 Å². The van der Waals surface area contributed by atoms with E-state index in [2.05, 4.69) is 13.5 Å². The molecular weight excluding hydrogens is 154 g/mol. The smallest absolute Gasteiger partial charge is 0.0395 e. The summed E-state index contributed by atoms with van der Waals surface area (Å²) < 4.78 is 0.270. The van der Waals surface area contributed by atoms with Gasteiger partial charge in [-0.3, -0.25) is 0 Å². The number of rotatable bonds is 2. The van der Waals surface area contributed by atoms with Gasteiger partial charge in [0.25, 0.3) is 0 Å². The molecule has 1 heterocycles. The highest BCUT2D eigenvalue weighted by Crippen LogP contribution is 2.41. The summed E-state index contributed by atoms with van der Waals surface area (Å²) in [7, 11) is 0. The van der Waals surface area contributed by atoms with E-state index in [0.29, 0.717) is 0 Å². The molecule has 1 fully saturated rings. The molecule has 0 radical (unpaired) electrons. The van der Waals surface area contributed by atoms with Crippen molar-refractivity contribution in [2.24, 2.45) is 5.73 Å². The quantitative estimate of drug-likeness (QED) is 0.644. The van der Waals surface area contributed by atoms with Crippen LogP contribution in [0.5, 0.6) is 0 Å². The molecule has 0 amide bonds. The van der Waals surface area contributed by atoms with Crippen LogP contribution in [0.1, 0.15) is 26.7 Å². The zero-order valence-corrected chi connectivity index (χ0v) is 8.21. The highest BCUT2D eigenvalue weighted by molar-refractivity contribution is 8.00. The Balaban J connectivity index is 2.63. The molecule has 1 rings (SSSR count). The number of nitrogens with two attached hydrogens (primary N) is 1. The molecule has 1 aliphatic rings. The van der Waals surface area contributed by atoms with Gasteiger partial charge in [0.05, 0.1) is 0 Å². The molecular formula is C9H17NS. The number of hydrogen-bond acceptors (Lipinski definition) is 2. The summed E-state index contributed by atoms with van der Waals surface area (Å²) in [5, 5.41) is 0. The van der Waals surface area contributed by atoms with Crippen LogP contribution in [-0.4, -0.2) is 16.5 Å². The molecule has 1 nitrogen and oxygen atoms in total. The van der Waals surface area contributed by atoms with Crippen LogP contribution in [0.25, 0.3) is 0 Å². The van der Waals surface area contributed by atoms with Crippen LogP contribution in [-0.2, 0) is 0 Å². The minimum atomic E-state index is 0.176. The Bertz CT molecular complexity index is 159. The molecule has 0 aromatic heterocycles. The number of thioether (sulfide) groups is 1. The third kappa shape index (κ3) is 1.79. The molecule has 1 saturated heterocycles. The maximum Gasteiger partial charge on any atom is 0.0395 e. The lowest BCUT2D eigenvalue weighted by Gasteiger charge is -2.30. The van der Waals surface area contributed by atoms with E-state index in [1.54, 1.807) is 0 Å². The predicted octanol–water partition coefficient (Wildman–Crippen LogP) is 2.18. The first-order valence-corrected chi connectivity index (χ1v) is 5.10. The first kappa shape index (κ1) is 9.14. The van der Waals surface area contributed by atoms with E-state index >= 15 is 0 Å². The lowest BCUT2D eigenvalue weighted by atomic mass is 9.92. The van der Waals surface area contributed by atoms with Crippen molar-refractivity contribution in [3.05, 3.63) is 12.2 Å². The van der Waals surface area contributed by atoms with Gasteiger partial charge < -0.3 is 5.73 Å². The minimum Gasteiger partial charge on any atom is -0.323 e. The van der Waals surface area contributed by atoms with Crippen LogP contribution in [0.3, 0.4) is 0 Å². The molecule has 0 aliphatic carbocycles. The maximum atomic E-state index is 6.04. The van der Waals surface area contributed by atoms with Gasteiger partial charge in [0.1, 0.15) is 0 Å². The average molecular weight is 171 g/mol. The van der Waals surface area contributed by atoms with Crippen molar-refractivity contribution in [2.45, 2.75) is 37.5 Å². The highest BCUT2D eigenvalue weighted by atomic mass is 32.2. The summed E-state index contributed by atoms with van der Waals surface area (Å²) in [6.07, 6.45) is 2.55.